The number of carbonyl (C=O) groups excluding carboxylic acids is 1. The van der Waals surface area contributed by atoms with Gasteiger partial charge in [0.1, 0.15) is 5.82 Å². The first-order valence-electron chi connectivity index (χ1n) is 8.87. The number of H-pyrrole nitrogens is 1. The highest BCUT2D eigenvalue weighted by atomic mass is 32.1. The van der Waals surface area contributed by atoms with E-state index in [4.69, 9.17) is 12.2 Å². The Bertz CT molecular complexity index is 1100. The number of rotatable bonds is 4. The second-order valence-electron chi connectivity index (χ2n) is 6.35. The van der Waals surface area contributed by atoms with Gasteiger partial charge in [0.15, 0.2) is 5.11 Å². The summed E-state index contributed by atoms with van der Waals surface area (Å²) in [4.78, 5) is 20.1. The van der Waals surface area contributed by atoms with Crippen LogP contribution >= 0.6 is 12.2 Å². The molecule has 28 heavy (non-hydrogen) atoms. The molecule has 0 unspecified atom stereocenters. The molecule has 0 radical (unpaired) electrons. The first-order valence-corrected chi connectivity index (χ1v) is 9.28. The fraction of sp³-hybridized carbons (Fsp3) is 0.0455. The number of nitrogens with one attached hydrogen (secondary N) is 3. The van der Waals surface area contributed by atoms with Gasteiger partial charge in [0, 0.05) is 11.3 Å². The number of para-hydroxylation sites is 2. The normalized spacial score (nSPS) is 10.6. The average molecular weight is 386 g/mol. The highest BCUT2D eigenvalue weighted by molar-refractivity contribution is 7.80. The van der Waals surface area contributed by atoms with Gasteiger partial charge in [-0.2, -0.15) is 0 Å². The number of imidazole rings is 1. The second kappa shape index (κ2) is 8.02. The number of aromatic amines is 1. The van der Waals surface area contributed by atoms with Crippen molar-refractivity contribution >= 4 is 40.0 Å². The third-order valence-electron chi connectivity index (χ3n) is 4.24. The molecule has 3 N–H and O–H groups in total. The third kappa shape index (κ3) is 4.24. The zero-order valence-electron chi connectivity index (χ0n) is 15.0. The zero-order valence-corrected chi connectivity index (χ0v) is 15.8. The number of aromatic nitrogens is 2. The molecule has 0 fully saturated rings. The van der Waals surface area contributed by atoms with Crippen molar-refractivity contribution in [2.75, 3.05) is 5.32 Å². The topological polar surface area (TPSA) is 69.8 Å². The summed E-state index contributed by atoms with van der Waals surface area (Å²) in [5.74, 6) is 0.626. The number of carbonyl (C=O) groups is 1. The van der Waals surface area contributed by atoms with Crippen molar-refractivity contribution in [2.45, 2.75) is 6.42 Å². The molecular formula is C22H18N4OS. The fourth-order valence-electron chi connectivity index (χ4n) is 2.95. The molecule has 0 bridgehead atoms. The Hall–Kier alpha value is -3.51. The Morgan fingerprint density at radius 3 is 2.57 bits per heavy atom. The molecule has 5 nitrogen and oxygen atoms in total. The molecule has 1 amide bonds. The molecule has 0 saturated carbocycles. The number of amides is 1. The minimum Gasteiger partial charge on any atom is -0.338 e. The highest BCUT2D eigenvalue weighted by Gasteiger charge is 2.08. The number of hydrogen-bond donors (Lipinski definition) is 3. The average Bonchev–Trinajstić information content (AvgIpc) is 3.13. The molecule has 0 aliphatic heterocycles. The summed E-state index contributed by atoms with van der Waals surface area (Å²) >= 11 is 5.27. The van der Waals surface area contributed by atoms with Crippen LogP contribution in [0.3, 0.4) is 0 Å². The maximum absolute atomic E-state index is 12.1. The van der Waals surface area contributed by atoms with Crippen LogP contribution in [0.15, 0.2) is 78.9 Å². The summed E-state index contributed by atoms with van der Waals surface area (Å²) in [7, 11) is 0. The van der Waals surface area contributed by atoms with E-state index in [0.717, 1.165) is 33.7 Å². The van der Waals surface area contributed by atoms with Gasteiger partial charge in [-0.3, -0.25) is 4.79 Å². The van der Waals surface area contributed by atoms with Crippen molar-refractivity contribution < 1.29 is 4.79 Å². The summed E-state index contributed by atoms with van der Waals surface area (Å²) in [6.45, 7) is 0. The fourth-order valence-corrected chi connectivity index (χ4v) is 3.18. The first kappa shape index (κ1) is 17.9. The molecule has 0 aliphatic carbocycles. The van der Waals surface area contributed by atoms with E-state index < -0.39 is 0 Å². The van der Waals surface area contributed by atoms with Crippen LogP contribution in [0.1, 0.15) is 5.56 Å². The third-order valence-corrected chi connectivity index (χ3v) is 4.45. The first-order chi connectivity index (χ1) is 13.7. The maximum Gasteiger partial charge on any atom is 0.230 e. The van der Waals surface area contributed by atoms with Crippen LogP contribution in [0, 0.1) is 0 Å². The molecule has 6 heteroatoms. The Morgan fingerprint density at radius 2 is 1.75 bits per heavy atom. The molecule has 0 aliphatic rings. The number of nitrogens with zero attached hydrogens (tertiary/aromatic N) is 1. The van der Waals surface area contributed by atoms with E-state index >= 15 is 0 Å². The van der Waals surface area contributed by atoms with Crippen LogP contribution in [0.2, 0.25) is 0 Å². The Kier molecular flexibility index (Phi) is 5.12. The molecule has 1 heterocycles. The van der Waals surface area contributed by atoms with Gasteiger partial charge < -0.3 is 15.6 Å². The number of thiocarbonyl (C=S) groups is 1. The monoisotopic (exact) mass is 386 g/mol. The van der Waals surface area contributed by atoms with Crippen LogP contribution in [0.5, 0.6) is 0 Å². The number of benzene rings is 3. The quantitative estimate of drug-likeness (QED) is 0.458. The molecule has 1 aromatic heterocycles. The lowest BCUT2D eigenvalue weighted by molar-refractivity contribution is -0.119. The van der Waals surface area contributed by atoms with Gasteiger partial charge in [-0.25, -0.2) is 4.98 Å². The van der Waals surface area contributed by atoms with Gasteiger partial charge in [-0.15, -0.1) is 0 Å². The molecule has 0 atom stereocenters. The summed E-state index contributed by atoms with van der Waals surface area (Å²) < 4.78 is 0. The van der Waals surface area contributed by atoms with Crippen molar-refractivity contribution in [2.24, 2.45) is 0 Å². The van der Waals surface area contributed by atoms with E-state index in [1.165, 1.54) is 0 Å². The van der Waals surface area contributed by atoms with Crippen LogP contribution in [0.25, 0.3) is 22.4 Å². The second-order valence-corrected chi connectivity index (χ2v) is 6.76. The lowest BCUT2D eigenvalue weighted by atomic mass is 10.1. The standard InChI is InChI=1S/C22H18N4OS/c27-20(13-15-7-2-1-3-8-15)26-22(28)23-17-10-6-9-16(14-17)21-24-18-11-4-5-12-19(18)25-21/h1-12,14H,13H2,(H,24,25)(H2,23,26,27,28). The van der Waals surface area contributed by atoms with Crippen molar-refractivity contribution in [1.82, 2.24) is 15.3 Å². The van der Waals surface area contributed by atoms with Crippen molar-refractivity contribution in [3.05, 3.63) is 84.4 Å². The predicted octanol–water partition coefficient (Wildman–Crippen LogP) is 4.29. The molecule has 0 spiro atoms. The molecule has 4 rings (SSSR count). The van der Waals surface area contributed by atoms with E-state index in [0.29, 0.717) is 0 Å². The zero-order chi connectivity index (χ0) is 19.3. The van der Waals surface area contributed by atoms with Crippen LogP contribution in [0.4, 0.5) is 5.69 Å². The van der Waals surface area contributed by atoms with Gasteiger partial charge in [0.2, 0.25) is 5.91 Å². The van der Waals surface area contributed by atoms with Gasteiger partial charge in [0.05, 0.1) is 17.5 Å². The smallest absolute Gasteiger partial charge is 0.230 e. The largest absolute Gasteiger partial charge is 0.338 e. The number of anilines is 1. The maximum atomic E-state index is 12.1. The highest BCUT2D eigenvalue weighted by Crippen LogP contribution is 2.23. The van der Waals surface area contributed by atoms with Gasteiger partial charge >= 0.3 is 0 Å². The van der Waals surface area contributed by atoms with Crippen LogP contribution in [-0.4, -0.2) is 21.0 Å². The van der Waals surface area contributed by atoms with Crippen molar-refractivity contribution in [1.29, 1.82) is 0 Å². The lowest BCUT2D eigenvalue weighted by Gasteiger charge is -2.10. The summed E-state index contributed by atoms with van der Waals surface area (Å²) in [6, 6.07) is 25.2. The number of hydrogen-bond acceptors (Lipinski definition) is 3. The predicted molar refractivity (Wildman–Crippen MR) is 116 cm³/mol. The number of fused-ring (bicyclic) bond motifs is 1. The lowest BCUT2D eigenvalue weighted by Crippen LogP contribution is -2.35. The minimum atomic E-state index is -0.155. The van der Waals surface area contributed by atoms with Gasteiger partial charge in [-0.05, 0) is 42.0 Å². The SMILES string of the molecule is O=C(Cc1ccccc1)NC(=S)Nc1cccc(-c2nc3ccccc3[nH]2)c1. The van der Waals surface area contributed by atoms with Crippen molar-refractivity contribution in [3.8, 4) is 11.4 Å². The Labute approximate surface area is 167 Å². The summed E-state index contributed by atoms with van der Waals surface area (Å²) in [6.07, 6.45) is 0.279. The molecule has 0 saturated heterocycles. The molecular weight excluding hydrogens is 368 g/mol. The van der Waals surface area contributed by atoms with Crippen molar-refractivity contribution in [3.63, 3.8) is 0 Å². The van der Waals surface area contributed by atoms with Crippen LogP contribution < -0.4 is 10.6 Å². The van der Waals surface area contributed by atoms with Gasteiger partial charge in [-0.1, -0.05) is 54.6 Å². The summed E-state index contributed by atoms with van der Waals surface area (Å²) in [5.41, 5.74) is 4.55. The minimum absolute atomic E-state index is 0.155. The molecule has 3 aromatic carbocycles. The van der Waals surface area contributed by atoms with Gasteiger partial charge in [0.25, 0.3) is 0 Å². The van der Waals surface area contributed by atoms with E-state index in [9.17, 15) is 4.79 Å². The van der Waals surface area contributed by atoms with E-state index in [-0.39, 0.29) is 17.4 Å². The van der Waals surface area contributed by atoms with Crippen LogP contribution in [-0.2, 0) is 11.2 Å². The molecule has 4 aromatic rings. The van der Waals surface area contributed by atoms with E-state index in [1.807, 2.05) is 78.9 Å². The summed E-state index contributed by atoms with van der Waals surface area (Å²) in [5, 5.41) is 6.04. The van der Waals surface area contributed by atoms with E-state index in [2.05, 4.69) is 20.6 Å². The Balaban J connectivity index is 1.43. The Morgan fingerprint density at radius 1 is 0.964 bits per heavy atom. The van der Waals surface area contributed by atoms with E-state index in [1.54, 1.807) is 0 Å². The molecule has 138 valence electrons.